The van der Waals surface area contributed by atoms with Crippen LogP contribution in [-0.2, 0) is 22.5 Å². The number of hydrogen-bond donors (Lipinski definition) is 2. The summed E-state index contributed by atoms with van der Waals surface area (Å²) in [7, 11) is 1.44. The zero-order valence-corrected chi connectivity index (χ0v) is 23.1. The van der Waals surface area contributed by atoms with Gasteiger partial charge in [0.2, 0.25) is 0 Å². The number of ketones is 1. The van der Waals surface area contributed by atoms with Gasteiger partial charge in [-0.05, 0) is 73.6 Å². The van der Waals surface area contributed by atoms with Crippen LogP contribution in [0.15, 0.2) is 54.6 Å². The van der Waals surface area contributed by atoms with E-state index in [0.29, 0.717) is 29.9 Å². The SMILES string of the molecule is CCCc1c(OCc2ccc(C(OC3CCCCO3)c3ccc(OC)c(C(=O)O)c3)cc2)ccc(C(C)=O)c1O. The van der Waals surface area contributed by atoms with Crippen LogP contribution in [0.25, 0.3) is 0 Å². The highest BCUT2D eigenvalue weighted by Gasteiger charge is 2.25. The number of carbonyl (C=O) groups is 2. The molecule has 2 unspecified atom stereocenters. The first-order chi connectivity index (χ1) is 19.3. The lowest BCUT2D eigenvalue weighted by molar-refractivity contribution is -0.181. The van der Waals surface area contributed by atoms with E-state index in [2.05, 4.69) is 0 Å². The molecule has 1 aliphatic rings. The Hall–Kier alpha value is -3.88. The van der Waals surface area contributed by atoms with Crippen molar-refractivity contribution < 1.29 is 38.7 Å². The second-order valence-corrected chi connectivity index (χ2v) is 9.85. The number of ether oxygens (including phenoxy) is 4. The Kier molecular flexibility index (Phi) is 9.79. The summed E-state index contributed by atoms with van der Waals surface area (Å²) < 4.78 is 23.5. The van der Waals surface area contributed by atoms with E-state index in [4.69, 9.17) is 18.9 Å². The molecule has 2 atom stereocenters. The molecule has 212 valence electrons. The van der Waals surface area contributed by atoms with E-state index < -0.39 is 12.1 Å². The molecule has 0 bridgehead atoms. The molecule has 1 heterocycles. The van der Waals surface area contributed by atoms with Crippen molar-refractivity contribution in [3.05, 3.63) is 88.0 Å². The predicted octanol–water partition coefficient (Wildman–Crippen LogP) is 6.47. The van der Waals surface area contributed by atoms with Crippen LogP contribution in [0.3, 0.4) is 0 Å². The lowest BCUT2D eigenvalue weighted by Gasteiger charge is -2.28. The minimum absolute atomic E-state index is 0.0210. The van der Waals surface area contributed by atoms with Gasteiger partial charge in [-0.15, -0.1) is 0 Å². The van der Waals surface area contributed by atoms with Gasteiger partial charge in [0.15, 0.2) is 12.1 Å². The molecule has 8 nitrogen and oxygen atoms in total. The average Bonchev–Trinajstić information content (AvgIpc) is 2.96. The Balaban J connectivity index is 1.57. The summed E-state index contributed by atoms with van der Waals surface area (Å²) in [4.78, 5) is 23.7. The first kappa shape index (κ1) is 29.1. The molecule has 0 amide bonds. The molecule has 0 spiro atoms. The Morgan fingerprint density at radius 1 is 1.00 bits per heavy atom. The quantitative estimate of drug-likeness (QED) is 0.248. The molecule has 2 N–H and O–H groups in total. The Morgan fingerprint density at radius 3 is 2.35 bits per heavy atom. The topological polar surface area (TPSA) is 112 Å². The Morgan fingerprint density at radius 2 is 1.73 bits per heavy atom. The van der Waals surface area contributed by atoms with Crippen LogP contribution in [0.4, 0.5) is 0 Å². The maximum absolute atomic E-state index is 11.9. The van der Waals surface area contributed by atoms with Gasteiger partial charge in [-0.1, -0.05) is 43.7 Å². The van der Waals surface area contributed by atoms with E-state index in [-0.39, 0.29) is 41.3 Å². The first-order valence-electron chi connectivity index (χ1n) is 13.6. The van der Waals surface area contributed by atoms with Crippen molar-refractivity contribution >= 4 is 11.8 Å². The third-order valence-electron chi connectivity index (χ3n) is 6.98. The fourth-order valence-corrected chi connectivity index (χ4v) is 4.85. The summed E-state index contributed by atoms with van der Waals surface area (Å²) in [6.45, 7) is 4.32. The number of aromatic hydroxyl groups is 1. The smallest absolute Gasteiger partial charge is 0.339 e. The number of aromatic carboxylic acids is 1. The van der Waals surface area contributed by atoms with Gasteiger partial charge in [0, 0.05) is 12.2 Å². The average molecular weight is 549 g/mol. The molecular formula is C32H36O8. The van der Waals surface area contributed by atoms with Crippen molar-refractivity contribution in [1.29, 1.82) is 0 Å². The van der Waals surface area contributed by atoms with E-state index in [9.17, 15) is 19.8 Å². The van der Waals surface area contributed by atoms with Crippen LogP contribution in [0.1, 0.15) is 88.6 Å². The van der Waals surface area contributed by atoms with Crippen LogP contribution in [0, 0.1) is 0 Å². The molecule has 0 aromatic heterocycles. The Bertz CT molecular complexity index is 1330. The third-order valence-corrected chi connectivity index (χ3v) is 6.98. The number of carbonyl (C=O) groups excluding carboxylic acids is 1. The van der Waals surface area contributed by atoms with Gasteiger partial charge in [0.1, 0.15) is 35.5 Å². The molecule has 3 aromatic rings. The van der Waals surface area contributed by atoms with E-state index in [0.717, 1.165) is 36.8 Å². The Labute approximate surface area is 234 Å². The van der Waals surface area contributed by atoms with Crippen molar-refractivity contribution in [3.63, 3.8) is 0 Å². The number of methoxy groups -OCH3 is 1. The van der Waals surface area contributed by atoms with E-state index in [1.165, 1.54) is 14.0 Å². The number of hydrogen-bond acceptors (Lipinski definition) is 7. The summed E-state index contributed by atoms with van der Waals surface area (Å²) in [5.74, 6) is -0.472. The van der Waals surface area contributed by atoms with Gasteiger partial charge >= 0.3 is 5.97 Å². The molecule has 40 heavy (non-hydrogen) atoms. The zero-order chi connectivity index (χ0) is 28.6. The number of carboxylic acids is 1. The highest BCUT2D eigenvalue weighted by molar-refractivity contribution is 5.97. The molecule has 1 aliphatic heterocycles. The summed E-state index contributed by atoms with van der Waals surface area (Å²) in [6.07, 6.45) is 3.19. The van der Waals surface area contributed by atoms with Gasteiger partial charge in [-0.25, -0.2) is 4.79 Å². The van der Waals surface area contributed by atoms with Crippen LogP contribution >= 0.6 is 0 Å². The molecular weight excluding hydrogens is 512 g/mol. The standard InChI is InChI=1S/C32H36O8/c1-4-7-25-28(16-14-24(20(2)33)30(25)34)39-19-21-9-11-22(12-10-21)31(40-29-8-5-6-17-38-29)23-13-15-27(37-3)26(18-23)32(35)36/h9-16,18,29,31,34H,4-8,17,19H2,1-3H3,(H,35,36). The second-order valence-electron chi connectivity index (χ2n) is 9.85. The van der Waals surface area contributed by atoms with Gasteiger partial charge in [-0.2, -0.15) is 0 Å². The van der Waals surface area contributed by atoms with Crippen LogP contribution in [0.5, 0.6) is 17.2 Å². The maximum atomic E-state index is 11.9. The van der Waals surface area contributed by atoms with E-state index in [1.807, 2.05) is 37.3 Å². The molecule has 8 heteroatoms. The van der Waals surface area contributed by atoms with Crippen molar-refractivity contribution in [2.24, 2.45) is 0 Å². The van der Waals surface area contributed by atoms with E-state index in [1.54, 1.807) is 24.3 Å². The molecule has 1 saturated heterocycles. The summed E-state index contributed by atoms with van der Waals surface area (Å²) >= 11 is 0. The molecule has 0 radical (unpaired) electrons. The molecule has 0 aliphatic carbocycles. The first-order valence-corrected chi connectivity index (χ1v) is 13.6. The number of benzene rings is 3. The second kappa shape index (κ2) is 13.5. The summed E-state index contributed by atoms with van der Waals surface area (Å²) in [6, 6.07) is 16.1. The van der Waals surface area contributed by atoms with E-state index >= 15 is 0 Å². The molecule has 1 fully saturated rings. The number of carboxylic acid groups (broad SMARTS) is 1. The largest absolute Gasteiger partial charge is 0.507 e. The van der Waals surface area contributed by atoms with Crippen LogP contribution in [-0.4, -0.2) is 42.0 Å². The zero-order valence-electron chi connectivity index (χ0n) is 23.1. The van der Waals surface area contributed by atoms with Crippen molar-refractivity contribution in [3.8, 4) is 17.2 Å². The van der Waals surface area contributed by atoms with Crippen molar-refractivity contribution in [2.75, 3.05) is 13.7 Å². The number of Topliss-reactive ketones (excluding diaryl/α,β-unsaturated/α-hetero) is 1. The van der Waals surface area contributed by atoms with Gasteiger partial charge in [-0.3, -0.25) is 4.79 Å². The van der Waals surface area contributed by atoms with Gasteiger partial charge in [0.05, 0.1) is 12.7 Å². The van der Waals surface area contributed by atoms with Crippen LogP contribution < -0.4 is 9.47 Å². The molecule has 0 saturated carbocycles. The highest BCUT2D eigenvalue weighted by Crippen LogP contribution is 2.35. The molecule has 4 rings (SSSR count). The van der Waals surface area contributed by atoms with Crippen molar-refractivity contribution in [2.45, 2.75) is 65.0 Å². The number of phenols is 1. The summed E-state index contributed by atoms with van der Waals surface area (Å²) in [5, 5.41) is 20.3. The van der Waals surface area contributed by atoms with Gasteiger partial charge < -0.3 is 29.2 Å². The van der Waals surface area contributed by atoms with Crippen molar-refractivity contribution in [1.82, 2.24) is 0 Å². The van der Waals surface area contributed by atoms with Crippen LogP contribution in [0.2, 0.25) is 0 Å². The number of phenolic OH excluding ortho intramolecular Hbond substituents is 1. The normalized spacial score (nSPS) is 15.8. The predicted molar refractivity (Wildman–Crippen MR) is 149 cm³/mol. The highest BCUT2D eigenvalue weighted by atomic mass is 16.7. The lowest BCUT2D eigenvalue weighted by Crippen LogP contribution is -2.25. The monoisotopic (exact) mass is 548 g/mol. The number of rotatable bonds is 12. The lowest BCUT2D eigenvalue weighted by atomic mass is 9.97. The third kappa shape index (κ3) is 6.81. The summed E-state index contributed by atoms with van der Waals surface area (Å²) in [5.41, 5.74) is 3.40. The fraction of sp³-hybridized carbons (Fsp3) is 0.375. The molecule has 3 aromatic carbocycles. The van der Waals surface area contributed by atoms with Gasteiger partial charge in [0.25, 0.3) is 0 Å². The fourth-order valence-electron chi connectivity index (χ4n) is 4.85. The minimum Gasteiger partial charge on any atom is -0.507 e. The minimum atomic E-state index is -1.08. The maximum Gasteiger partial charge on any atom is 0.339 e.